The van der Waals surface area contributed by atoms with Crippen LogP contribution in [-0.4, -0.2) is 78.2 Å². The molecule has 0 saturated carbocycles. The summed E-state index contributed by atoms with van der Waals surface area (Å²) in [4.78, 5) is 14.4. The lowest BCUT2D eigenvalue weighted by atomic mass is 10.2. The second-order valence-corrected chi connectivity index (χ2v) is 9.04. The highest BCUT2D eigenvalue weighted by atomic mass is 32.2. The number of fused-ring (bicyclic) bond motifs is 1. The van der Waals surface area contributed by atoms with Gasteiger partial charge in [0.15, 0.2) is 11.5 Å². The number of nitrogens with one attached hydrogen (secondary N) is 1. The Morgan fingerprint density at radius 1 is 1.17 bits per heavy atom. The Morgan fingerprint density at radius 3 is 2.69 bits per heavy atom. The molecule has 10 heteroatoms. The molecule has 0 aromatic heterocycles. The Hall–Kier alpha value is -2.04. The van der Waals surface area contributed by atoms with Crippen LogP contribution in [0.5, 0.6) is 11.5 Å². The highest BCUT2D eigenvalue weighted by Gasteiger charge is 2.21. The number of carbonyl (C=O) groups excluding carboxylic acids is 1. The highest BCUT2D eigenvalue weighted by molar-refractivity contribution is 7.92. The molecule has 29 heavy (non-hydrogen) atoms. The summed E-state index contributed by atoms with van der Waals surface area (Å²) in [5, 5.41) is 2.91. The third kappa shape index (κ3) is 6.48. The Labute approximate surface area is 171 Å². The van der Waals surface area contributed by atoms with Crippen molar-refractivity contribution in [1.29, 1.82) is 0 Å². The smallest absolute Gasteiger partial charge is 0.232 e. The van der Waals surface area contributed by atoms with Crippen molar-refractivity contribution in [2.24, 2.45) is 0 Å². The molecule has 1 fully saturated rings. The minimum Gasteiger partial charge on any atom is -0.454 e. The van der Waals surface area contributed by atoms with Gasteiger partial charge in [-0.05, 0) is 31.5 Å². The summed E-state index contributed by atoms with van der Waals surface area (Å²) in [6.07, 6.45) is 2.74. The highest BCUT2D eigenvalue weighted by Crippen LogP contribution is 2.36. The number of nitrogens with zero attached hydrogens (tertiary/aromatic N) is 2. The van der Waals surface area contributed by atoms with Gasteiger partial charge in [0.2, 0.25) is 22.7 Å². The van der Waals surface area contributed by atoms with Crippen molar-refractivity contribution in [2.75, 3.05) is 63.3 Å². The molecule has 1 aromatic carbocycles. The van der Waals surface area contributed by atoms with Crippen molar-refractivity contribution in [2.45, 2.75) is 19.3 Å². The third-order valence-corrected chi connectivity index (χ3v) is 6.08. The summed E-state index contributed by atoms with van der Waals surface area (Å²) in [5.74, 6) is 1.05. The van der Waals surface area contributed by atoms with E-state index in [1.807, 2.05) is 0 Å². The van der Waals surface area contributed by atoms with Crippen LogP contribution in [0.1, 0.15) is 19.3 Å². The molecule has 0 atom stereocenters. The summed E-state index contributed by atoms with van der Waals surface area (Å²) in [7, 11) is -3.48. The van der Waals surface area contributed by atoms with E-state index in [9.17, 15) is 13.2 Å². The number of anilines is 1. The predicted molar refractivity (Wildman–Crippen MR) is 109 cm³/mol. The molecule has 0 unspecified atom stereocenters. The number of hydrogen-bond acceptors (Lipinski definition) is 7. The quantitative estimate of drug-likeness (QED) is 0.552. The van der Waals surface area contributed by atoms with E-state index in [2.05, 4.69) is 10.2 Å². The molecule has 162 valence electrons. The van der Waals surface area contributed by atoms with Gasteiger partial charge in [-0.1, -0.05) is 0 Å². The van der Waals surface area contributed by atoms with E-state index in [4.69, 9.17) is 14.2 Å². The minimum atomic E-state index is -3.48. The molecule has 1 amide bonds. The zero-order chi connectivity index (χ0) is 20.7. The number of carbonyl (C=O) groups is 1. The van der Waals surface area contributed by atoms with Gasteiger partial charge in [-0.2, -0.15) is 0 Å². The molecule has 1 saturated heterocycles. The molecule has 0 aliphatic carbocycles. The standard InChI is InChI=1S/C19H29N3O6S/c1-29(24,25)22(16-5-6-17-18(14-16)28-15-27-17)9-2-4-19(23)20-7-3-8-21-10-12-26-13-11-21/h5-6,14H,2-4,7-13,15H2,1H3,(H,20,23). The first-order valence-corrected chi connectivity index (χ1v) is 11.7. The first-order valence-electron chi connectivity index (χ1n) is 9.87. The first kappa shape index (κ1) is 21.7. The maximum absolute atomic E-state index is 12.2. The Morgan fingerprint density at radius 2 is 1.93 bits per heavy atom. The molecule has 2 aliphatic heterocycles. The molecule has 3 rings (SSSR count). The lowest BCUT2D eigenvalue weighted by Gasteiger charge is -2.26. The number of hydrogen-bond donors (Lipinski definition) is 1. The van der Waals surface area contributed by atoms with Gasteiger partial charge in [0.25, 0.3) is 0 Å². The van der Waals surface area contributed by atoms with Gasteiger partial charge in [0.05, 0.1) is 25.2 Å². The fourth-order valence-electron chi connectivity index (χ4n) is 3.35. The third-order valence-electron chi connectivity index (χ3n) is 4.89. The van der Waals surface area contributed by atoms with Gasteiger partial charge in [-0.25, -0.2) is 8.42 Å². The second-order valence-electron chi connectivity index (χ2n) is 7.13. The summed E-state index contributed by atoms with van der Waals surface area (Å²) >= 11 is 0. The molecule has 2 aliphatic rings. The maximum atomic E-state index is 12.2. The largest absolute Gasteiger partial charge is 0.454 e. The van der Waals surface area contributed by atoms with Gasteiger partial charge in [0, 0.05) is 38.7 Å². The van der Waals surface area contributed by atoms with Crippen molar-refractivity contribution < 1.29 is 27.4 Å². The molecule has 0 radical (unpaired) electrons. The van der Waals surface area contributed by atoms with Crippen LogP contribution in [0, 0.1) is 0 Å². The summed E-state index contributed by atoms with van der Waals surface area (Å²) < 4.78 is 41.6. The van der Waals surface area contributed by atoms with Crippen molar-refractivity contribution in [3.8, 4) is 11.5 Å². The van der Waals surface area contributed by atoms with Crippen molar-refractivity contribution in [3.63, 3.8) is 0 Å². The summed E-state index contributed by atoms with van der Waals surface area (Å²) in [6, 6.07) is 5.02. The predicted octanol–water partition coefficient (Wildman–Crippen LogP) is 0.800. The molecule has 1 N–H and O–H groups in total. The molecule has 9 nitrogen and oxygen atoms in total. The zero-order valence-corrected chi connectivity index (χ0v) is 17.6. The summed E-state index contributed by atoms with van der Waals surface area (Å²) in [5.41, 5.74) is 0.502. The second kappa shape index (κ2) is 10.1. The average Bonchev–Trinajstić information content (AvgIpc) is 3.16. The maximum Gasteiger partial charge on any atom is 0.232 e. The fraction of sp³-hybridized carbons (Fsp3) is 0.632. The van der Waals surface area contributed by atoms with E-state index in [0.29, 0.717) is 30.2 Å². The molecule has 0 spiro atoms. The van der Waals surface area contributed by atoms with Crippen LogP contribution in [-0.2, 0) is 19.6 Å². The Balaban J connectivity index is 1.41. The van der Waals surface area contributed by atoms with Crippen LogP contribution in [0.3, 0.4) is 0 Å². The van der Waals surface area contributed by atoms with Crippen molar-refractivity contribution >= 4 is 21.6 Å². The number of amides is 1. The monoisotopic (exact) mass is 427 g/mol. The number of ether oxygens (including phenoxy) is 3. The van der Waals surface area contributed by atoms with Crippen LogP contribution in [0.15, 0.2) is 18.2 Å². The number of morpholine rings is 1. The number of rotatable bonds is 10. The normalized spacial score (nSPS) is 16.6. The van der Waals surface area contributed by atoms with Crippen molar-refractivity contribution in [1.82, 2.24) is 10.2 Å². The van der Waals surface area contributed by atoms with E-state index < -0.39 is 10.0 Å². The number of benzene rings is 1. The van der Waals surface area contributed by atoms with Gasteiger partial charge in [-0.15, -0.1) is 0 Å². The SMILES string of the molecule is CS(=O)(=O)N(CCCC(=O)NCCCN1CCOCC1)c1ccc2c(c1)OCO2. The van der Waals surface area contributed by atoms with Gasteiger partial charge < -0.3 is 19.5 Å². The molecular weight excluding hydrogens is 398 g/mol. The Kier molecular flexibility index (Phi) is 7.57. The average molecular weight is 428 g/mol. The van der Waals surface area contributed by atoms with Crippen molar-refractivity contribution in [3.05, 3.63) is 18.2 Å². The van der Waals surface area contributed by atoms with Crippen LogP contribution in [0.2, 0.25) is 0 Å². The molecular formula is C19H29N3O6S. The van der Waals surface area contributed by atoms with E-state index in [0.717, 1.165) is 45.5 Å². The van der Waals surface area contributed by atoms with Crippen LogP contribution in [0.4, 0.5) is 5.69 Å². The van der Waals surface area contributed by atoms with Crippen LogP contribution in [0.25, 0.3) is 0 Å². The lowest BCUT2D eigenvalue weighted by molar-refractivity contribution is -0.121. The van der Waals surface area contributed by atoms with E-state index >= 15 is 0 Å². The first-order chi connectivity index (χ1) is 13.9. The van der Waals surface area contributed by atoms with Crippen LogP contribution < -0.4 is 19.1 Å². The molecule has 1 aromatic rings. The summed E-state index contributed by atoms with van der Waals surface area (Å²) in [6.45, 7) is 5.33. The van der Waals surface area contributed by atoms with Crippen LogP contribution >= 0.6 is 0 Å². The topological polar surface area (TPSA) is 97.4 Å². The molecule has 0 bridgehead atoms. The van der Waals surface area contributed by atoms with E-state index in [1.54, 1.807) is 18.2 Å². The fourth-order valence-corrected chi connectivity index (χ4v) is 4.31. The lowest BCUT2D eigenvalue weighted by Crippen LogP contribution is -2.38. The van der Waals surface area contributed by atoms with E-state index in [-0.39, 0.29) is 25.7 Å². The van der Waals surface area contributed by atoms with Gasteiger partial charge in [0.1, 0.15) is 0 Å². The van der Waals surface area contributed by atoms with Gasteiger partial charge >= 0.3 is 0 Å². The Bertz CT molecular complexity index is 795. The van der Waals surface area contributed by atoms with Gasteiger partial charge in [-0.3, -0.25) is 14.0 Å². The molecule has 2 heterocycles. The number of sulfonamides is 1. The van der Waals surface area contributed by atoms with E-state index in [1.165, 1.54) is 4.31 Å². The minimum absolute atomic E-state index is 0.0638. The zero-order valence-electron chi connectivity index (χ0n) is 16.8.